The van der Waals surface area contributed by atoms with Crippen LogP contribution in [-0.4, -0.2) is 32.5 Å². The highest BCUT2D eigenvalue weighted by Gasteiger charge is 2.30. The molecule has 6 nitrogen and oxygen atoms in total. The molecule has 128 valence electrons. The first-order valence-corrected chi connectivity index (χ1v) is 9.09. The molecule has 0 bridgehead atoms. The van der Waals surface area contributed by atoms with Gasteiger partial charge in [-0.2, -0.15) is 0 Å². The van der Waals surface area contributed by atoms with Crippen molar-refractivity contribution in [1.29, 1.82) is 0 Å². The minimum atomic E-state index is 0.0880. The number of hydrogen-bond acceptors (Lipinski definition) is 5. The molecule has 0 fully saturated rings. The maximum absolute atomic E-state index is 12.8. The molecular formula is C18H18N4O2S. The van der Waals surface area contributed by atoms with E-state index in [2.05, 4.69) is 23.2 Å². The third kappa shape index (κ3) is 2.84. The van der Waals surface area contributed by atoms with Crippen LogP contribution < -0.4 is 4.90 Å². The number of carbonyl (C=O) groups is 1. The maximum Gasteiger partial charge on any atom is 0.237 e. The van der Waals surface area contributed by atoms with Gasteiger partial charge in [0.05, 0.1) is 12.0 Å². The van der Waals surface area contributed by atoms with Gasteiger partial charge in [-0.1, -0.05) is 30.0 Å². The summed E-state index contributed by atoms with van der Waals surface area (Å²) in [5, 5.41) is 9.03. The lowest BCUT2D eigenvalue weighted by Gasteiger charge is -2.22. The fraction of sp³-hybridized carbons (Fsp3) is 0.278. The molecule has 1 aliphatic rings. The van der Waals surface area contributed by atoms with Gasteiger partial charge in [0.1, 0.15) is 0 Å². The molecule has 25 heavy (non-hydrogen) atoms. The molecule has 1 aliphatic heterocycles. The molecule has 1 atom stereocenters. The van der Waals surface area contributed by atoms with Gasteiger partial charge in [-0.3, -0.25) is 4.79 Å². The van der Waals surface area contributed by atoms with Crippen LogP contribution in [0.1, 0.15) is 12.5 Å². The fourth-order valence-corrected chi connectivity index (χ4v) is 3.97. The zero-order valence-corrected chi connectivity index (χ0v) is 14.9. The minimum absolute atomic E-state index is 0.0880. The zero-order valence-electron chi connectivity index (χ0n) is 14.0. The second kappa shape index (κ2) is 6.40. The van der Waals surface area contributed by atoms with Gasteiger partial charge in [0.15, 0.2) is 16.7 Å². The van der Waals surface area contributed by atoms with E-state index >= 15 is 0 Å². The van der Waals surface area contributed by atoms with Crippen molar-refractivity contribution in [2.75, 3.05) is 10.7 Å². The first-order chi connectivity index (χ1) is 12.1. The first kappa shape index (κ1) is 16.0. The third-order valence-corrected chi connectivity index (χ3v) is 5.38. The standard InChI is InChI=1S/C18H18N4O2S/c1-12-10-13-6-3-4-7-14(13)22(12)16(23)11-25-18-20-19-17(21(18)2)15-8-5-9-24-15/h3-9,12H,10-11H2,1-2H3/t12-/m0/s1. The highest BCUT2D eigenvalue weighted by Crippen LogP contribution is 2.33. The average Bonchev–Trinajstić information content (AvgIpc) is 3.31. The molecule has 2 aromatic heterocycles. The topological polar surface area (TPSA) is 64.2 Å². The fourth-order valence-electron chi connectivity index (χ4n) is 3.20. The average molecular weight is 354 g/mol. The van der Waals surface area contributed by atoms with Gasteiger partial charge in [0.25, 0.3) is 0 Å². The normalized spacial score (nSPS) is 16.2. The van der Waals surface area contributed by atoms with Crippen molar-refractivity contribution >= 4 is 23.4 Å². The summed E-state index contributed by atoms with van der Waals surface area (Å²) in [6.07, 6.45) is 2.51. The Labute approximate surface area is 149 Å². The van der Waals surface area contributed by atoms with Gasteiger partial charge < -0.3 is 13.9 Å². The molecule has 1 aromatic carbocycles. The van der Waals surface area contributed by atoms with E-state index in [9.17, 15) is 4.79 Å². The van der Waals surface area contributed by atoms with Crippen LogP contribution in [-0.2, 0) is 18.3 Å². The number of anilines is 1. The van der Waals surface area contributed by atoms with Crippen LogP contribution in [0.4, 0.5) is 5.69 Å². The van der Waals surface area contributed by atoms with Crippen LogP contribution in [0.2, 0.25) is 0 Å². The van der Waals surface area contributed by atoms with Crippen LogP contribution in [0, 0.1) is 0 Å². The Morgan fingerprint density at radius 1 is 1.28 bits per heavy atom. The molecule has 3 aromatic rings. The summed E-state index contributed by atoms with van der Waals surface area (Å²) in [6, 6.07) is 11.9. The molecular weight excluding hydrogens is 336 g/mol. The molecule has 3 heterocycles. The Hall–Kier alpha value is -2.54. The van der Waals surface area contributed by atoms with Crippen molar-refractivity contribution in [1.82, 2.24) is 14.8 Å². The number of carbonyl (C=O) groups excluding carboxylic acids is 1. The number of furan rings is 1. The summed E-state index contributed by atoms with van der Waals surface area (Å²) < 4.78 is 7.21. The first-order valence-electron chi connectivity index (χ1n) is 8.11. The third-order valence-electron chi connectivity index (χ3n) is 4.38. The Morgan fingerprint density at radius 3 is 2.92 bits per heavy atom. The molecule has 0 aliphatic carbocycles. The number of fused-ring (bicyclic) bond motifs is 1. The van der Waals surface area contributed by atoms with Crippen molar-refractivity contribution in [3.05, 3.63) is 48.2 Å². The van der Waals surface area contributed by atoms with E-state index in [0.717, 1.165) is 12.1 Å². The zero-order chi connectivity index (χ0) is 17.4. The van der Waals surface area contributed by atoms with E-state index in [1.54, 1.807) is 6.26 Å². The molecule has 1 amide bonds. The summed E-state index contributed by atoms with van der Waals surface area (Å²) in [7, 11) is 1.87. The van der Waals surface area contributed by atoms with Gasteiger partial charge in [0, 0.05) is 18.8 Å². The number of hydrogen-bond donors (Lipinski definition) is 0. The molecule has 0 unspecified atom stereocenters. The van der Waals surface area contributed by atoms with Gasteiger partial charge >= 0.3 is 0 Å². The van der Waals surface area contributed by atoms with E-state index in [1.807, 2.05) is 46.8 Å². The molecule has 0 radical (unpaired) electrons. The van der Waals surface area contributed by atoms with Crippen LogP contribution in [0.5, 0.6) is 0 Å². The van der Waals surface area contributed by atoms with Gasteiger partial charge in [0.2, 0.25) is 5.91 Å². The number of aromatic nitrogens is 3. The molecule has 0 N–H and O–H groups in total. The van der Waals surface area contributed by atoms with Crippen molar-refractivity contribution in [2.45, 2.75) is 24.5 Å². The number of nitrogens with zero attached hydrogens (tertiary/aromatic N) is 4. The quantitative estimate of drug-likeness (QED) is 0.674. The summed E-state index contributed by atoms with van der Waals surface area (Å²) >= 11 is 1.39. The largest absolute Gasteiger partial charge is 0.461 e. The van der Waals surface area contributed by atoms with Crippen LogP contribution in [0.25, 0.3) is 11.6 Å². The van der Waals surface area contributed by atoms with Crippen LogP contribution in [0.15, 0.2) is 52.2 Å². The molecule has 7 heteroatoms. The van der Waals surface area contributed by atoms with Crippen LogP contribution in [0.3, 0.4) is 0 Å². The van der Waals surface area contributed by atoms with E-state index in [0.29, 0.717) is 22.5 Å². The number of benzene rings is 1. The number of rotatable bonds is 4. The monoisotopic (exact) mass is 354 g/mol. The SMILES string of the molecule is C[C@H]1Cc2ccccc2N1C(=O)CSc1nnc(-c2ccco2)n1C. The predicted octanol–water partition coefficient (Wildman–Crippen LogP) is 3.15. The molecule has 0 saturated carbocycles. The lowest BCUT2D eigenvalue weighted by Crippen LogP contribution is -2.37. The summed E-state index contributed by atoms with van der Waals surface area (Å²) in [5.74, 6) is 1.73. The molecule has 0 spiro atoms. The van der Waals surface area contributed by atoms with E-state index in [1.165, 1.54) is 17.3 Å². The number of thioether (sulfide) groups is 1. The highest BCUT2D eigenvalue weighted by molar-refractivity contribution is 7.99. The molecule has 4 rings (SSSR count). The predicted molar refractivity (Wildman–Crippen MR) is 96.5 cm³/mol. The summed E-state index contributed by atoms with van der Waals surface area (Å²) in [5.41, 5.74) is 2.25. The maximum atomic E-state index is 12.8. The number of para-hydroxylation sites is 1. The highest BCUT2D eigenvalue weighted by atomic mass is 32.2. The van der Waals surface area contributed by atoms with E-state index < -0.39 is 0 Å². The van der Waals surface area contributed by atoms with Crippen molar-refractivity contribution in [3.63, 3.8) is 0 Å². The second-order valence-electron chi connectivity index (χ2n) is 6.08. The van der Waals surface area contributed by atoms with Crippen molar-refractivity contribution in [2.24, 2.45) is 7.05 Å². The van der Waals surface area contributed by atoms with Crippen molar-refractivity contribution < 1.29 is 9.21 Å². The second-order valence-corrected chi connectivity index (χ2v) is 7.02. The smallest absolute Gasteiger partial charge is 0.237 e. The Morgan fingerprint density at radius 2 is 2.12 bits per heavy atom. The van der Waals surface area contributed by atoms with E-state index in [4.69, 9.17) is 4.42 Å². The van der Waals surface area contributed by atoms with E-state index in [-0.39, 0.29) is 11.9 Å². The molecule has 0 saturated heterocycles. The Kier molecular flexibility index (Phi) is 4.09. The summed E-state index contributed by atoms with van der Waals surface area (Å²) in [4.78, 5) is 14.7. The Bertz CT molecular complexity index is 904. The van der Waals surface area contributed by atoms with Crippen molar-refractivity contribution in [3.8, 4) is 11.6 Å². The van der Waals surface area contributed by atoms with Gasteiger partial charge in [-0.05, 0) is 37.1 Å². The lowest BCUT2D eigenvalue weighted by molar-refractivity contribution is -0.116. The van der Waals surface area contributed by atoms with Gasteiger partial charge in [-0.15, -0.1) is 10.2 Å². The lowest BCUT2D eigenvalue weighted by atomic mass is 10.1. The Balaban J connectivity index is 1.48. The minimum Gasteiger partial charge on any atom is -0.461 e. The number of amides is 1. The van der Waals surface area contributed by atoms with Crippen LogP contribution >= 0.6 is 11.8 Å². The van der Waals surface area contributed by atoms with Gasteiger partial charge in [-0.25, -0.2) is 0 Å². The summed E-state index contributed by atoms with van der Waals surface area (Å²) in [6.45, 7) is 2.08.